The summed E-state index contributed by atoms with van der Waals surface area (Å²) < 4.78 is 22.5. The van der Waals surface area contributed by atoms with Crippen molar-refractivity contribution < 1.29 is 13.2 Å². The smallest absolute Gasteiger partial charge is 0.253 e. The van der Waals surface area contributed by atoms with E-state index in [0.29, 0.717) is 12.1 Å². The monoisotopic (exact) mass is 350 g/mol. The molecule has 0 spiro atoms. The highest BCUT2D eigenvalue weighted by atomic mass is 32.2. The summed E-state index contributed by atoms with van der Waals surface area (Å²) in [6.45, 7) is 4.54. The molecule has 7 nitrogen and oxygen atoms in total. The minimum absolute atomic E-state index is 0.00684. The molecule has 2 aromatic rings. The minimum Gasteiger partial charge on any atom is -0.342 e. The molecular formula is C16H22N4O3S. The summed E-state index contributed by atoms with van der Waals surface area (Å²) in [5.74, 6) is -0.156. The van der Waals surface area contributed by atoms with Gasteiger partial charge in [0, 0.05) is 24.8 Å². The van der Waals surface area contributed by atoms with E-state index in [4.69, 9.17) is 5.14 Å². The normalized spacial score (nSPS) is 11.5. The molecule has 0 bridgehead atoms. The molecule has 1 aromatic heterocycles. The predicted octanol–water partition coefficient (Wildman–Crippen LogP) is 1.38. The van der Waals surface area contributed by atoms with E-state index in [0.717, 1.165) is 24.2 Å². The molecule has 0 atom stereocenters. The fourth-order valence-corrected chi connectivity index (χ4v) is 3.06. The summed E-state index contributed by atoms with van der Waals surface area (Å²) in [5, 5.41) is 12.2. The molecule has 3 N–H and O–H groups in total. The molecule has 0 aliphatic heterocycles. The number of aromatic amines is 1. The molecule has 0 aliphatic carbocycles. The van der Waals surface area contributed by atoms with Crippen molar-refractivity contribution in [2.45, 2.75) is 31.6 Å². The van der Waals surface area contributed by atoms with Gasteiger partial charge in [-0.2, -0.15) is 5.10 Å². The number of H-pyrrole nitrogens is 1. The van der Waals surface area contributed by atoms with Gasteiger partial charge in [-0.25, -0.2) is 13.6 Å². The number of sulfonamides is 1. The Morgan fingerprint density at radius 3 is 2.38 bits per heavy atom. The van der Waals surface area contributed by atoms with Crippen molar-refractivity contribution in [3.8, 4) is 0 Å². The third-order valence-electron chi connectivity index (χ3n) is 3.98. The molecule has 8 heteroatoms. The van der Waals surface area contributed by atoms with Crippen LogP contribution in [-0.4, -0.2) is 43.0 Å². The summed E-state index contributed by atoms with van der Waals surface area (Å²) in [6.07, 6.45) is 1.66. The minimum atomic E-state index is -3.75. The van der Waals surface area contributed by atoms with Crippen LogP contribution in [0.4, 0.5) is 0 Å². The Kier molecular flexibility index (Phi) is 5.40. The number of benzene rings is 1. The zero-order valence-electron chi connectivity index (χ0n) is 14.0. The van der Waals surface area contributed by atoms with Crippen molar-refractivity contribution in [1.29, 1.82) is 0 Å². The van der Waals surface area contributed by atoms with Crippen molar-refractivity contribution in [2.24, 2.45) is 5.14 Å². The van der Waals surface area contributed by atoms with Gasteiger partial charge in [0.1, 0.15) is 0 Å². The Morgan fingerprint density at radius 2 is 1.88 bits per heavy atom. The molecule has 0 radical (unpaired) electrons. The first-order valence-corrected chi connectivity index (χ1v) is 9.13. The van der Waals surface area contributed by atoms with Gasteiger partial charge in [-0.3, -0.25) is 9.89 Å². The Morgan fingerprint density at radius 1 is 1.25 bits per heavy atom. The van der Waals surface area contributed by atoms with Crippen LogP contribution in [0.15, 0.2) is 29.2 Å². The number of amides is 1. The second-order valence-corrected chi connectivity index (χ2v) is 7.37. The van der Waals surface area contributed by atoms with Crippen molar-refractivity contribution in [1.82, 2.24) is 15.1 Å². The number of primary sulfonamides is 1. The van der Waals surface area contributed by atoms with E-state index in [-0.39, 0.29) is 10.8 Å². The Labute approximate surface area is 141 Å². The lowest BCUT2D eigenvalue weighted by Gasteiger charge is -2.17. The van der Waals surface area contributed by atoms with Crippen LogP contribution in [0.3, 0.4) is 0 Å². The number of hydrogen-bond acceptors (Lipinski definition) is 4. The van der Waals surface area contributed by atoms with Crippen LogP contribution in [-0.2, 0) is 16.4 Å². The van der Waals surface area contributed by atoms with Crippen LogP contribution < -0.4 is 5.14 Å². The number of nitrogens with zero attached hydrogens (tertiary/aromatic N) is 2. The maximum Gasteiger partial charge on any atom is 0.253 e. The topological polar surface area (TPSA) is 109 Å². The number of nitrogens with two attached hydrogens (primary N) is 1. The van der Waals surface area contributed by atoms with Gasteiger partial charge in [0.25, 0.3) is 5.91 Å². The number of carbonyl (C=O) groups is 1. The van der Waals surface area contributed by atoms with Gasteiger partial charge in [-0.1, -0.05) is 0 Å². The van der Waals surface area contributed by atoms with Crippen LogP contribution in [0.25, 0.3) is 0 Å². The number of rotatable bonds is 6. The summed E-state index contributed by atoms with van der Waals surface area (Å²) >= 11 is 0. The maximum atomic E-state index is 12.4. The van der Waals surface area contributed by atoms with Crippen LogP contribution in [0.1, 0.15) is 33.7 Å². The molecule has 1 amide bonds. The molecule has 2 rings (SSSR count). The average molecular weight is 350 g/mol. The summed E-state index contributed by atoms with van der Waals surface area (Å²) in [4.78, 5) is 14.0. The summed E-state index contributed by atoms with van der Waals surface area (Å²) in [6, 6.07) is 5.63. The van der Waals surface area contributed by atoms with Crippen molar-refractivity contribution in [3.63, 3.8) is 0 Å². The fourth-order valence-electron chi connectivity index (χ4n) is 2.54. The number of aryl methyl sites for hydroxylation is 2. The summed E-state index contributed by atoms with van der Waals surface area (Å²) in [7, 11) is -2.02. The third-order valence-corrected chi connectivity index (χ3v) is 4.91. The van der Waals surface area contributed by atoms with Crippen LogP contribution in [0, 0.1) is 13.8 Å². The molecule has 1 heterocycles. The van der Waals surface area contributed by atoms with Crippen LogP contribution in [0.5, 0.6) is 0 Å². The molecule has 0 saturated heterocycles. The van der Waals surface area contributed by atoms with E-state index in [1.54, 1.807) is 11.9 Å². The van der Waals surface area contributed by atoms with E-state index < -0.39 is 10.0 Å². The highest BCUT2D eigenvalue weighted by Crippen LogP contribution is 2.13. The number of aromatic nitrogens is 2. The van der Waals surface area contributed by atoms with Crippen LogP contribution >= 0.6 is 0 Å². The van der Waals surface area contributed by atoms with Crippen molar-refractivity contribution in [2.75, 3.05) is 13.6 Å². The van der Waals surface area contributed by atoms with Gasteiger partial charge in [-0.15, -0.1) is 0 Å². The lowest BCUT2D eigenvalue weighted by Crippen LogP contribution is -2.28. The van der Waals surface area contributed by atoms with Gasteiger partial charge in [0.05, 0.1) is 10.6 Å². The van der Waals surface area contributed by atoms with E-state index >= 15 is 0 Å². The van der Waals surface area contributed by atoms with E-state index in [2.05, 4.69) is 10.2 Å². The maximum absolute atomic E-state index is 12.4. The van der Waals surface area contributed by atoms with Crippen LogP contribution in [0.2, 0.25) is 0 Å². The lowest BCUT2D eigenvalue weighted by molar-refractivity contribution is 0.0793. The number of carbonyl (C=O) groups excluding carboxylic acids is 1. The van der Waals surface area contributed by atoms with Crippen molar-refractivity contribution in [3.05, 3.63) is 46.8 Å². The molecule has 0 fully saturated rings. The van der Waals surface area contributed by atoms with Gasteiger partial charge in [0.15, 0.2) is 0 Å². The molecule has 0 unspecified atom stereocenters. The average Bonchev–Trinajstić information content (AvgIpc) is 2.85. The van der Waals surface area contributed by atoms with Gasteiger partial charge in [0.2, 0.25) is 10.0 Å². The highest BCUT2D eigenvalue weighted by molar-refractivity contribution is 7.89. The Bertz CT molecular complexity index is 806. The molecule has 24 heavy (non-hydrogen) atoms. The first-order chi connectivity index (χ1) is 11.2. The quantitative estimate of drug-likeness (QED) is 0.820. The zero-order valence-corrected chi connectivity index (χ0v) is 14.9. The van der Waals surface area contributed by atoms with E-state index in [1.165, 1.54) is 29.8 Å². The predicted molar refractivity (Wildman–Crippen MR) is 91.2 cm³/mol. The van der Waals surface area contributed by atoms with Gasteiger partial charge < -0.3 is 4.90 Å². The zero-order chi connectivity index (χ0) is 17.9. The van der Waals surface area contributed by atoms with E-state index in [9.17, 15) is 13.2 Å². The standard InChI is InChI=1S/C16H22N4O3S/c1-11-15(12(2)19-18-11)5-4-10-20(3)16(21)13-6-8-14(9-7-13)24(17,22)23/h6-9H,4-5,10H2,1-3H3,(H,18,19)(H2,17,22,23). The second-order valence-electron chi connectivity index (χ2n) is 5.81. The highest BCUT2D eigenvalue weighted by Gasteiger charge is 2.14. The Balaban J connectivity index is 1.95. The number of nitrogens with one attached hydrogen (secondary N) is 1. The van der Waals surface area contributed by atoms with Gasteiger partial charge in [-0.05, 0) is 56.5 Å². The molecule has 1 aromatic carbocycles. The molecule has 130 valence electrons. The SMILES string of the molecule is Cc1n[nH]c(C)c1CCCN(C)C(=O)c1ccc(S(N)(=O)=O)cc1. The molecule has 0 aliphatic rings. The third kappa shape index (κ3) is 4.21. The molecule has 0 saturated carbocycles. The Hall–Kier alpha value is -2.19. The van der Waals surface area contributed by atoms with Gasteiger partial charge >= 0.3 is 0 Å². The number of hydrogen-bond donors (Lipinski definition) is 2. The fraction of sp³-hybridized carbons (Fsp3) is 0.375. The second kappa shape index (κ2) is 7.14. The summed E-state index contributed by atoms with van der Waals surface area (Å²) in [5.41, 5.74) is 3.66. The lowest BCUT2D eigenvalue weighted by atomic mass is 10.1. The first kappa shape index (κ1) is 18.2. The first-order valence-electron chi connectivity index (χ1n) is 7.59. The van der Waals surface area contributed by atoms with Crippen molar-refractivity contribution >= 4 is 15.9 Å². The molecular weight excluding hydrogens is 328 g/mol. The largest absolute Gasteiger partial charge is 0.342 e. The van der Waals surface area contributed by atoms with E-state index in [1.807, 2.05) is 13.8 Å².